The SMILES string of the molecule is O=C(c1ccc[nH]c1=O)N1CC[C@](Cc2ccccc2)(C(=O)O)[C@H](O)C1. The molecule has 26 heavy (non-hydrogen) atoms. The highest BCUT2D eigenvalue weighted by atomic mass is 16.4. The summed E-state index contributed by atoms with van der Waals surface area (Å²) in [5.74, 6) is -1.59. The molecule has 2 atom stereocenters. The number of pyridine rings is 1. The van der Waals surface area contributed by atoms with Gasteiger partial charge in [0.1, 0.15) is 11.0 Å². The standard InChI is InChI=1S/C19H20N2O5/c22-15-12-21(17(24)14-7-4-9-20-16(14)23)10-8-19(15,18(25)26)11-13-5-2-1-3-6-13/h1-7,9,15,22H,8,10-12H2,(H,20,23)(H,25,26)/t15-,19-/m1/s1. The molecule has 1 aromatic carbocycles. The Morgan fingerprint density at radius 3 is 2.54 bits per heavy atom. The van der Waals surface area contributed by atoms with Crippen molar-refractivity contribution < 1.29 is 19.8 Å². The van der Waals surface area contributed by atoms with Crippen LogP contribution in [-0.4, -0.2) is 51.2 Å². The van der Waals surface area contributed by atoms with E-state index in [9.17, 15) is 24.6 Å². The van der Waals surface area contributed by atoms with Crippen molar-refractivity contribution in [2.75, 3.05) is 13.1 Å². The molecule has 0 aliphatic carbocycles. The largest absolute Gasteiger partial charge is 0.481 e. The number of aromatic amines is 1. The van der Waals surface area contributed by atoms with Crippen molar-refractivity contribution in [2.45, 2.75) is 18.9 Å². The predicted octanol–water partition coefficient (Wildman–Crippen LogP) is 0.895. The van der Waals surface area contributed by atoms with E-state index in [-0.39, 0.29) is 31.5 Å². The minimum atomic E-state index is -1.36. The van der Waals surface area contributed by atoms with E-state index in [1.165, 1.54) is 17.2 Å². The Labute approximate surface area is 149 Å². The predicted molar refractivity (Wildman–Crippen MR) is 93.8 cm³/mol. The Morgan fingerprint density at radius 2 is 1.92 bits per heavy atom. The maximum atomic E-state index is 12.6. The summed E-state index contributed by atoms with van der Waals surface area (Å²) < 4.78 is 0. The molecule has 1 aliphatic rings. The second kappa shape index (κ2) is 7.13. The number of hydrogen-bond acceptors (Lipinski definition) is 4. The monoisotopic (exact) mass is 356 g/mol. The lowest BCUT2D eigenvalue weighted by molar-refractivity contribution is -0.161. The molecular formula is C19H20N2O5. The van der Waals surface area contributed by atoms with Gasteiger partial charge in [-0.25, -0.2) is 0 Å². The Morgan fingerprint density at radius 1 is 1.19 bits per heavy atom. The van der Waals surface area contributed by atoms with Crippen LogP contribution in [0.5, 0.6) is 0 Å². The van der Waals surface area contributed by atoms with Gasteiger partial charge in [-0.1, -0.05) is 30.3 Å². The first-order valence-electron chi connectivity index (χ1n) is 8.36. The van der Waals surface area contributed by atoms with Crippen LogP contribution >= 0.6 is 0 Å². The van der Waals surface area contributed by atoms with Crippen LogP contribution < -0.4 is 5.56 Å². The van der Waals surface area contributed by atoms with Gasteiger partial charge in [0.05, 0.1) is 6.10 Å². The van der Waals surface area contributed by atoms with Crippen molar-refractivity contribution in [3.05, 3.63) is 70.1 Å². The minimum Gasteiger partial charge on any atom is -0.481 e. The Kier molecular flexibility index (Phi) is 4.90. The molecule has 136 valence electrons. The summed E-state index contributed by atoms with van der Waals surface area (Å²) in [6, 6.07) is 12.1. The van der Waals surface area contributed by atoms with E-state index >= 15 is 0 Å². The zero-order valence-electron chi connectivity index (χ0n) is 14.1. The third-order valence-electron chi connectivity index (χ3n) is 4.98. The van der Waals surface area contributed by atoms with Crippen LogP contribution in [0.4, 0.5) is 0 Å². The van der Waals surface area contributed by atoms with Gasteiger partial charge >= 0.3 is 5.97 Å². The molecule has 0 unspecified atom stereocenters. The molecule has 1 aliphatic heterocycles. The van der Waals surface area contributed by atoms with Gasteiger partial charge in [0.15, 0.2) is 0 Å². The fourth-order valence-electron chi connectivity index (χ4n) is 3.41. The van der Waals surface area contributed by atoms with Gasteiger partial charge in [-0.3, -0.25) is 14.4 Å². The van der Waals surface area contributed by atoms with Gasteiger partial charge in [-0.05, 0) is 30.5 Å². The maximum Gasteiger partial charge on any atom is 0.312 e. The van der Waals surface area contributed by atoms with Crippen molar-refractivity contribution in [3.8, 4) is 0 Å². The summed E-state index contributed by atoms with van der Waals surface area (Å²) in [4.78, 5) is 40.1. The van der Waals surface area contributed by atoms with Crippen LogP contribution in [0, 0.1) is 5.41 Å². The highest BCUT2D eigenvalue weighted by Gasteiger charge is 2.49. The van der Waals surface area contributed by atoms with Gasteiger partial charge in [0.2, 0.25) is 0 Å². The summed E-state index contributed by atoms with van der Waals surface area (Å²) in [6.07, 6.45) is 0.479. The average molecular weight is 356 g/mol. The Balaban J connectivity index is 1.81. The number of hydrogen-bond donors (Lipinski definition) is 3. The van der Waals surface area contributed by atoms with Gasteiger partial charge in [-0.15, -0.1) is 0 Å². The number of rotatable bonds is 4. The number of nitrogens with zero attached hydrogens (tertiary/aromatic N) is 1. The van der Waals surface area contributed by atoms with Gasteiger partial charge < -0.3 is 20.1 Å². The molecule has 7 nitrogen and oxygen atoms in total. The van der Waals surface area contributed by atoms with Gasteiger partial charge in [0, 0.05) is 19.3 Å². The van der Waals surface area contributed by atoms with E-state index in [0.717, 1.165) is 5.56 Å². The summed E-state index contributed by atoms with van der Waals surface area (Å²) in [5, 5.41) is 20.4. The third-order valence-corrected chi connectivity index (χ3v) is 4.98. The second-order valence-corrected chi connectivity index (χ2v) is 6.55. The van der Waals surface area contributed by atoms with Crippen LogP contribution in [-0.2, 0) is 11.2 Å². The fourth-order valence-corrected chi connectivity index (χ4v) is 3.41. The van der Waals surface area contributed by atoms with Crippen LogP contribution in [0.1, 0.15) is 22.3 Å². The van der Waals surface area contributed by atoms with E-state index < -0.39 is 29.0 Å². The van der Waals surface area contributed by atoms with Gasteiger partial charge in [-0.2, -0.15) is 0 Å². The topological polar surface area (TPSA) is 111 Å². The number of H-pyrrole nitrogens is 1. The number of carbonyl (C=O) groups is 2. The smallest absolute Gasteiger partial charge is 0.312 e. The van der Waals surface area contributed by atoms with E-state index in [4.69, 9.17) is 0 Å². The molecule has 3 rings (SSSR count). The first-order chi connectivity index (χ1) is 12.4. The molecular weight excluding hydrogens is 336 g/mol. The number of aliphatic hydroxyl groups is 1. The number of carbonyl (C=O) groups excluding carboxylic acids is 1. The van der Waals surface area contributed by atoms with Crippen molar-refractivity contribution in [1.82, 2.24) is 9.88 Å². The molecule has 2 aromatic rings. The number of carboxylic acid groups (broad SMARTS) is 1. The first-order valence-corrected chi connectivity index (χ1v) is 8.36. The number of aromatic nitrogens is 1. The van der Waals surface area contributed by atoms with E-state index in [2.05, 4.69) is 4.98 Å². The van der Waals surface area contributed by atoms with E-state index in [1.54, 1.807) is 6.07 Å². The molecule has 7 heteroatoms. The minimum absolute atomic E-state index is 0.0226. The van der Waals surface area contributed by atoms with Crippen molar-refractivity contribution in [1.29, 1.82) is 0 Å². The number of amides is 1. The summed E-state index contributed by atoms with van der Waals surface area (Å²) in [7, 11) is 0. The lowest BCUT2D eigenvalue weighted by atomic mass is 9.71. The van der Waals surface area contributed by atoms with Crippen molar-refractivity contribution in [2.24, 2.45) is 5.41 Å². The van der Waals surface area contributed by atoms with Crippen LogP contribution in [0.25, 0.3) is 0 Å². The molecule has 1 fully saturated rings. The van der Waals surface area contributed by atoms with E-state index in [0.29, 0.717) is 0 Å². The summed E-state index contributed by atoms with van der Waals surface area (Å²) in [5.41, 5.74) is -1.08. The number of benzene rings is 1. The molecule has 1 saturated heterocycles. The number of β-amino-alcohol motifs (C(OH)–C–C–N with tert-alkyl or cyclic N) is 1. The maximum absolute atomic E-state index is 12.6. The number of aliphatic carboxylic acids is 1. The second-order valence-electron chi connectivity index (χ2n) is 6.55. The normalized spacial score (nSPS) is 22.8. The first kappa shape index (κ1) is 17.9. The summed E-state index contributed by atoms with van der Waals surface area (Å²) in [6.45, 7) is 0.0235. The van der Waals surface area contributed by atoms with Crippen molar-refractivity contribution in [3.63, 3.8) is 0 Å². The molecule has 2 heterocycles. The zero-order chi connectivity index (χ0) is 18.7. The van der Waals surface area contributed by atoms with Crippen LogP contribution in [0.3, 0.4) is 0 Å². The lowest BCUT2D eigenvalue weighted by Crippen LogP contribution is -2.57. The molecule has 0 saturated carbocycles. The summed E-state index contributed by atoms with van der Waals surface area (Å²) >= 11 is 0. The number of nitrogens with one attached hydrogen (secondary N) is 1. The highest BCUT2D eigenvalue weighted by Crippen LogP contribution is 2.36. The molecule has 0 radical (unpaired) electrons. The number of aliphatic hydroxyl groups excluding tert-OH is 1. The van der Waals surface area contributed by atoms with Crippen LogP contribution in [0.15, 0.2) is 53.5 Å². The molecule has 1 amide bonds. The molecule has 0 spiro atoms. The molecule has 1 aromatic heterocycles. The number of likely N-dealkylation sites (tertiary alicyclic amines) is 1. The van der Waals surface area contributed by atoms with Gasteiger partial charge in [0.25, 0.3) is 11.5 Å². The zero-order valence-corrected chi connectivity index (χ0v) is 14.1. The fraction of sp³-hybridized carbons (Fsp3) is 0.316. The number of carboxylic acids is 1. The highest BCUT2D eigenvalue weighted by molar-refractivity contribution is 5.94. The quantitative estimate of drug-likeness (QED) is 0.754. The van der Waals surface area contributed by atoms with Crippen LogP contribution in [0.2, 0.25) is 0 Å². The lowest BCUT2D eigenvalue weighted by Gasteiger charge is -2.42. The van der Waals surface area contributed by atoms with Crippen molar-refractivity contribution >= 4 is 11.9 Å². The average Bonchev–Trinajstić information content (AvgIpc) is 2.64. The Hall–Kier alpha value is -2.93. The Bertz CT molecular complexity index is 863. The number of piperidine rings is 1. The van der Waals surface area contributed by atoms with E-state index in [1.807, 2.05) is 30.3 Å². The molecule has 0 bridgehead atoms. The molecule has 3 N–H and O–H groups in total. The third kappa shape index (κ3) is 3.25.